The lowest BCUT2D eigenvalue weighted by Gasteiger charge is -2.24. The number of nitrogens with zero attached hydrogens (tertiary/aromatic N) is 3. The summed E-state index contributed by atoms with van der Waals surface area (Å²) in [5.41, 5.74) is 3.37. The maximum absolute atomic E-state index is 13.2. The molecule has 1 aromatic carbocycles. The number of aliphatic hydroxyl groups excluding tert-OH is 1. The minimum atomic E-state index is -0.838. The Labute approximate surface area is 186 Å². The van der Waals surface area contributed by atoms with E-state index in [0.717, 1.165) is 16.7 Å². The van der Waals surface area contributed by atoms with Gasteiger partial charge in [0, 0.05) is 25.1 Å². The maximum Gasteiger partial charge on any atom is 0.296 e. The summed E-state index contributed by atoms with van der Waals surface area (Å²) in [6.07, 6.45) is 4.85. The Morgan fingerprint density at radius 3 is 2.50 bits per heavy atom. The van der Waals surface area contributed by atoms with Gasteiger partial charge in [-0.25, -0.2) is 0 Å². The first-order valence-corrected chi connectivity index (χ1v) is 10.2. The lowest BCUT2D eigenvalue weighted by atomic mass is 9.95. The van der Waals surface area contributed by atoms with Crippen LogP contribution in [0.4, 0.5) is 0 Å². The van der Waals surface area contributed by atoms with Gasteiger partial charge in [0.15, 0.2) is 0 Å². The fourth-order valence-corrected chi connectivity index (χ4v) is 4.12. The summed E-state index contributed by atoms with van der Waals surface area (Å²) in [5.74, 6) is -1.27. The minimum absolute atomic E-state index is 0.00828. The Morgan fingerprint density at radius 1 is 1.09 bits per heavy atom. The Balaban J connectivity index is 1.92. The highest BCUT2D eigenvalue weighted by Gasteiger charge is 2.47. The molecule has 32 heavy (non-hydrogen) atoms. The van der Waals surface area contributed by atoms with Crippen molar-refractivity contribution in [3.8, 4) is 5.75 Å². The molecule has 1 fully saturated rings. The zero-order valence-electron chi connectivity index (χ0n) is 18.1. The average molecular weight is 429 g/mol. The number of benzene rings is 1. The zero-order valence-corrected chi connectivity index (χ0v) is 18.1. The second-order valence-electron chi connectivity index (χ2n) is 7.70. The van der Waals surface area contributed by atoms with Gasteiger partial charge < -0.3 is 14.7 Å². The van der Waals surface area contributed by atoms with Crippen LogP contribution < -0.4 is 4.74 Å². The van der Waals surface area contributed by atoms with Gasteiger partial charge in [0.25, 0.3) is 11.7 Å². The van der Waals surface area contributed by atoms with E-state index in [4.69, 9.17) is 4.74 Å². The van der Waals surface area contributed by atoms with E-state index in [1.165, 1.54) is 12.0 Å². The molecule has 4 rings (SSSR count). The maximum atomic E-state index is 13.2. The van der Waals surface area contributed by atoms with Gasteiger partial charge in [0.2, 0.25) is 0 Å². The lowest BCUT2D eigenvalue weighted by molar-refractivity contribution is -0.140. The summed E-state index contributed by atoms with van der Waals surface area (Å²) in [6, 6.07) is 11.7. The van der Waals surface area contributed by atoms with E-state index in [1.54, 1.807) is 55.0 Å². The number of pyridine rings is 2. The third-order valence-electron chi connectivity index (χ3n) is 5.49. The molecular formula is C25H23N3O4. The SMILES string of the molecule is COc1c(C)cc(C)cc1/C(O)=C1\C(=O)C(=O)N(Cc2ccncc2)C1c1ccccn1. The molecule has 0 bridgehead atoms. The number of aryl methyl sites for hydroxylation is 2. The number of amides is 1. The number of carbonyl (C=O) groups is 2. The van der Waals surface area contributed by atoms with Gasteiger partial charge in [-0.15, -0.1) is 0 Å². The number of rotatable bonds is 5. The van der Waals surface area contributed by atoms with Crippen molar-refractivity contribution in [3.63, 3.8) is 0 Å². The first kappa shape index (κ1) is 21.2. The lowest BCUT2D eigenvalue weighted by Crippen LogP contribution is -2.29. The molecule has 1 atom stereocenters. The molecule has 0 spiro atoms. The van der Waals surface area contributed by atoms with E-state index in [-0.39, 0.29) is 17.9 Å². The van der Waals surface area contributed by atoms with Gasteiger partial charge >= 0.3 is 0 Å². The van der Waals surface area contributed by atoms with Crippen LogP contribution >= 0.6 is 0 Å². The zero-order chi connectivity index (χ0) is 22.8. The third-order valence-corrected chi connectivity index (χ3v) is 5.49. The van der Waals surface area contributed by atoms with Crippen molar-refractivity contribution < 1.29 is 19.4 Å². The van der Waals surface area contributed by atoms with Crippen LogP contribution in [-0.4, -0.2) is 38.8 Å². The van der Waals surface area contributed by atoms with Crippen molar-refractivity contribution in [2.45, 2.75) is 26.4 Å². The fourth-order valence-electron chi connectivity index (χ4n) is 4.12. The number of hydrogen-bond acceptors (Lipinski definition) is 6. The second kappa shape index (κ2) is 8.63. The molecule has 1 amide bonds. The molecule has 7 nitrogen and oxygen atoms in total. The molecule has 7 heteroatoms. The Morgan fingerprint density at radius 2 is 1.84 bits per heavy atom. The van der Waals surface area contributed by atoms with E-state index >= 15 is 0 Å². The topological polar surface area (TPSA) is 92.6 Å². The number of Topliss-reactive ketones (excluding diaryl/α,β-unsaturated/α-hetero) is 1. The molecule has 1 unspecified atom stereocenters. The van der Waals surface area contributed by atoms with Crippen LogP contribution in [0, 0.1) is 13.8 Å². The highest BCUT2D eigenvalue weighted by molar-refractivity contribution is 6.46. The monoisotopic (exact) mass is 429 g/mol. The molecular weight excluding hydrogens is 406 g/mol. The molecule has 3 heterocycles. The van der Waals surface area contributed by atoms with Gasteiger partial charge in [-0.05, 0) is 60.9 Å². The summed E-state index contributed by atoms with van der Waals surface area (Å²) >= 11 is 0. The van der Waals surface area contributed by atoms with Crippen molar-refractivity contribution in [2.75, 3.05) is 7.11 Å². The number of hydrogen-bond donors (Lipinski definition) is 1. The minimum Gasteiger partial charge on any atom is -0.507 e. The van der Waals surface area contributed by atoms with E-state index in [1.807, 2.05) is 19.9 Å². The number of likely N-dealkylation sites (tertiary alicyclic amines) is 1. The largest absolute Gasteiger partial charge is 0.507 e. The predicted molar refractivity (Wildman–Crippen MR) is 119 cm³/mol. The van der Waals surface area contributed by atoms with Crippen LogP contribution in [0.2, 0.25) is 0 Å². The Hall–Kier alpha value is -4.00. The van der Waals surface area contributed by atoms with Crippen LogP contribution in [0.5, 0.6) is 5.75 Å². The van der Waals surface area contributed by atoms with Crippen molar-refractivity contribution in [1.82, 2.24) is 14.9 Å². The summed E-state index contributed by atoms with van der Waals surface area (Å²) in [6.45, 7) is 3.93. The molecule has 1 aliphatic rings. The molecule has 1 N–H and O–H groups in total. The van der Waals surface area contributed by atoms with Crippen LogP contribution in [0.15, 0.2) is 66.6 Å². The van der Waals surface area contributed by atoms with Crippen molar-refractivity contribution in [2.24, 2.45) is 0 Å². The number of carbonyl (C=O) groups excluding carboxylic acids is 2. The highest BCUT2D eigenvalue weighted by Crippen LogP contribution is 2.41. The quantitative estimate of drug-likeness (QED) is 0.378. The first-order chi connectivity index (χ1) is 15.4. The Kier molecular flexibility index (Phi) is 5.73. The molecule has 3 aromatic rings. The number of aromatic nitrogens is 2. The average Bonchev–Trinajstić information content (AvgIpc) is 3.04. The van der Waals surface area contributed by atoms with Gasteiger partial charge in [-0.1, -0.05) is 12.1 Å². The van der Waals surface area contributed by atoms with Crippen molar-refractivity contribution in [3.05, 3.63) is 94.6 Å². The first-order valence-electron chi connectivity index (χ1n) is 10.2. The molecule has 162 valence electrons. The number of methoxy groups -OCH3 is 1. The fraction of sp³-hybridized carbons (Fsp3) is 0.200. The predicted octanol–water partition coefficient (Wildman–Crippen LogP) is 3.72. The van der Waals surface area contributed by atoms with E-state index in [0.29, 0.717) is 17.0 Å². The summed E-state index contributed by atoms with van der Waals surface area (Å²) in [5, 5.41) is 11.3. The normalized spacial score (nSPS) is 17.6. The molecule has 0 radical (unpaired) electrons. The van der Waals surface area contributed by atoms with E-state index < -0.39 is 17.7 Å². The standard InChI is InChI=1S/C25H23N3O4/c1-15-12-16(2)24(32-3)18(13-15)22(29)20-21(19-6-4-5-9-27-19)28(25(31)23(20)30)14-17-7-10-26-11-8-17/h4-13,21,29H,14H2,1-3H3/b22-20+. The van der Waals surface area contributed by atoms with Crippen LogP contribution in [0.25, 0.3) is 5.76 Å². The molecule has 1 saturated heterocycles. The van der Waals surface area contributed by atoms with Crippen LogP contribution in [-0.2, 0) is 16.1 Å². The van der Waals surface area contributed by atoms with Crippen molar-refractivity contribution in [1.29, 1.82) is 0 Å². The van der Waals surface area contributed by atoms with Crippen molar-refractivity contribution >= 4 is 17.4 Å². The summed E-state index contributed by atoms with van der Waals surface area (Å²) in [4.78, 5) is 36.1. The second-order valence-corrected chi connectivity index (χ2v) is 7.70. The van der Waals surface area contributed by atoms with Gasteiger partial charge in [0.1, 0.15) is 17.6 Å². The molecule has 0 aliphatic carbocycles. The third kappa shape index (κ3) is 3.73. The number of aliphatic hydroxyl groups is 1. The van der Waals surface area contributed by atoms with Gasteiger partial charge in [-0.2, -0.15) is 0 Å². The Bertz CT molecular complexity index is 1210. The molecule has 1 aliphatic heterocycles. The molecule has 2 aromatic heterocycles. The van der Waals surface area contributed by atoms with E-state index in [2.05, 4.69) is 9.97 Å². The summed E-state index contributed by atoms with van der Waals surface area (Å²) in [7, 11) is 1.51. The van der Waals surface area contributed by atoms with Gasteiger partial charge in [0.05, 0.1) is 23.9 Å². The highest BCUT2D eigenvalue weighted by atomic mass is 16.5. The van der Waals surface area contributed by atoms with Crippen LogP contribution in [0.3, 0.4) is 0 Å². The summed E-state index contributed by atoms with van der Waals surface area (Å²) < 4.78 is 5.51. The smallest absolute Gasteiger partial charge is 0.296 e. The number of ether oxygens (including phenoxy) is 1. The molecule has 0 saturated carbocycles. The van der Waals surface area contributed by atoms with Gasteiger partial charge in [-0.3, -0.25) is 19.6 Å². The van der Waals surface area contributed by atoms with E-state index in [9.17, 15) is 14.7 Å². The van der Waals surface area contributed by atoms with Crippen LogP contribution in [0.1, 0.15) is 34.0 Å². The number of ketones is 1.